The summed E-state index contributed by atoms with van der Waals surface area (Å²) in [6.45, 7) is 0. The third kappa shape index (κ3) is 2.18. The van der Waals surface area contributed by atoms with Gasteiger partial charge in [0, 0.05) is 11.6 Å². The van der Waals surface area contributed by atoms with Crippen LogP contribution in [0.3, 0.4) is 0 Å². The highest BCUT2D eigenvalue weighted by Gasteiger charge is 2.29. The summed E-state index contributed by atoms with van der Waals surface area (Å²) in [6.07, 6.45) is -0.674. The Bertz CT molecular complexity index is 971. The SMILES string of the molecule is COc1cc2c(c(-c3nc4ccccc4nc3OC)c1)[N]C(=O)O2. The van der Waals surface area contributed by atoms with Gasteiger partial charge in [-0.1, -0.05) is 12.1 Å². The predicted octanol–water partition coefficient (Wildman–Crippen LogP) is 3.06. The van der Waals surface area contributed by atoms with Gasteiger partial charge in [0.05, 0.1) is 25.3 Å². The van der Waals surface area contributed by atoms with E-state index in [1.807, 2.05) is 24.3 Å². The zero-order chi connectivity index (χ0) is 16.7. The summed E-state index contributed by atoms with van der Waals surface area (Å²) >= 11 is 0. The lowest BCUT2D eigenvalue weighted by molar-refractivity contribution is 0.211. The summed E-state index contributed by atoms with van der Waals surface area (Å²) < 4.78 is 15.8. The topological polar surface area (TPSA) is 84.6 Å². The second-order valence-corrected chi connectivity index (χ2v) is 5.07. The molecule has 0 atom stereocenters. The van der Waals surface area contributed by atoms with Crippen LogP contribution < -0.4 is 19.5 Å². The molecule has 0 bridgehead atoms. The first-order valence-electron chi connectivity index (χ1n) is 7.16. The van der Waals surface area contributed by atoms with Crippen molar-refractivity contribution in [2.24, 2.45) is 0 Å². The molecule has 0 aliphatic carbocycles. The monoisotopic (exact) mass is 322 g/mol. The highest BCUT2D eigenvalue weighted by molar-refractivity contribution is 5.94. The molecule has 1 radical (unpaired) electrons. The van der Waals surface area contributed by atoms with E-state index < -0.39 is 6.09 Å². The summed E-state index contributed by atoms with van der Waals surface area (Å²) in [5.41, 5.74) is 2.83. The number of methoxy groups -OCH3 is 2. The first-order chi connectivity index (χ1) is 11.7. The van der Waals surface area contributed by atoms with E-state index in [4.69, 9.17) is 14.2 Å². The number of hydrogen-bond donors (Lipinski definition) is 0. The zero-order valence-electron chi connectivity index (χ0n) is 12.9. The molecular weight excluding hydrogens is 310 g/mol. The molecule has 2 aromatic carbocycles. The van der Waals surface area contributed by atoms with Gasteiger partial charge < -0.3 is 14.2 Å². The number of amides is 1. The van der Waals surface area contributed by atoms with Gasteiger partial charge in [0.25, 0.3) is 0 Å². The lowest BCUT2D eigenvalue weighted by Crippen LogP contribution is -2.06. The van der Waals surface area contributed by atoms with E-state index in [9.17, 15) is 4.79 Å². The van der Waals surface area contributed by atoms with Crippen molar-refractivity contribution in [3.63, 3.8) is 0 Å². The van der Waals surface area contributed by atoms with Gasteiger partial charge in [0.2, 0.25) is 5.88 Å². The van der Waals surface area contributed by atoms with Crippen LogP contribution >= 0.6 is 0 Å². The molecule has 4 rings (SSSR count). The molecule has 7 nitrogen and oxygen atoms in total. The van der Waals surface area contributed by atoms with Gasteiger partial charge in [-0.2, -0.15) is 5.32 Å². The molecule has 1 amide bonds. The number of nitrogens with zero attached hydrogens (tertiary/aromatic N) is 3. The number of carbonyl (C=O) groups excluding carboxylic acids is 1. The number of aromatic nitrogens is 2. The van der Waals surface area contributed by atoms with Crippen molar-refractivity contribution in [3.8, 4) is 28.6 Å². The van der Waals surface area contributed by atoms with E-state index in [1.165, 1.54) is 14.2 Å². The van der Waals surface area contributed by atoms with Crippen LogP contribution in [-0.4, -0.2) is 30.3 Å². The Morgan fingerprint density at radius 2 is 1.75 bits per heavy atom. The Morgan fingerprint density at radius 1 is 1.00 bits per heavy atom. The molecular formula is C17H12N3O4. The smallest absolute Gasteiger partial charge is 0.439 e. The van der Waals surface area contributed by atoms with Gasteiger partial charge in [-0.3, -0.25) is 0 Å². The van der Waals surface area contributed by atoms with E-state index in [1.54, 1.807) is 12.1 Å². The standard InChI is InChI=1S/C17H12N3O4/c1-22-9-7-10(14-13(8-9)24-17(21)20-14)15-16(23-2)19-12-6-4-3-5-11(12)18-15/h3-8H,1-2H3. The maximum Gasteiger partial charge on any atom is 0.439 e. The van der Waals surface area contributed by atoms with Crippen molar-refractivity contribution in [2.45, 2.75) is 0 Å². The number of ether oxygens (including phenoxy) is 3. The molecule has 3 aromatic rings. The Labute approximate surface area is 137 Å². The van der Waals surface area contributed by atoms with Crippen molar-refractivity contribution >= 4 is 22.8 Å². The van der Waals surface area contributed by atoms with E-state index in [-0.39, 0.29) is 0 Å². The summed E-state index contributed by atoms with van der Waals surface area (Å²) in [5.74, 6) is 1.18. The lowest BCUT2D eigenvalue weighted by atomic mass is 10.1. The number of benzene rings is 2. The molecule has 1 aromatic heterocycles. The van der Waals surface area contributed by atoms with E-state index >= 15 is 0 Å². The molecule has 24 heavy (non-hydrogen) atoms. The molecule has 0 N–H and O–H groups in total. The average molecular weight is 322 g/mol. The first kappa shape index (κ1) is 14.3. The van der Waals surface area contributed by atoms with Crippen molar-refractivity contribution in [3.05, 3.63) is 36.4 Å². The quantitative estimate of drug-likeness (QED) is 0.737. The third-order valence-electron chi connectivity index (χ3n) is 3.67. The van der Waals surface area contributed by atoms with Crippen LogP contribution in [0.4, 0.5) is 10.5 Å². The van der Waals surface area contributed by atoms with Crippen LogP contribution in [0.25, 0.3) is 22.3 Å². The Morgan fingerprint density at radius 3 is 2.46 bits per heavy atom. The van der Waals surface area contributed by atoms with Gasteiger partial charge in [-0.25, -0.2) is 14.8 Å². The molecule has 2 heterocycles. The minimum absolute atomic E-state index is 0.325. The highest BCUT2D eigenvalue weighted by Crippen LogP contribution is 2.44. The van der Waals surface area contributed by atoms with Crippen LogP contribution in [0, 0.1) is 0 Å². The predicted molar refractivity (Wildman–Crippen MR) is 85.9 cm³/mol. The van der Waals surface area contributed by atoms with Crippen molar-refractivity contribution in [1.29, 1.82) is 0 Å². The second kappa shape index (κ2) is 5.38. The number of hydrogen-bond acceptors (Lipinski definition) is 6. The van der Waals surface area contributed by atoms with Crippen LogP contribution in [0.1, 0.15) is 0 Å². The van der Waals surface area contributed by atoms with Crippen molar-refractivity contribution < 1.29 is 19.0 Å². The number of rotatable bonds is 3. The largest absolute Gasteiger partial charge is 0.497 e. The van der Waals surface area contributed by atoms with Crippen LogP contribution in [-0.2, 0) is 0 Å². The molecule has 0 unspecified atom stereocenters. The van der Waals surface area contributed by atoms with Crippen LogP contribution in [0.2, 0.25) is 0 Å². The summed E-state index contributed by atoms with van der Waals surface area (Å²) in [7, 11) is 3.05. The van der Waals surface area contributed by atoms with Gasteiger partial charge >= 0.3 is 6.09 Å². The maximum atomic E-state index is 11.6. The maximum absolute atomic E-state index is 11.6. The highest BCUT2D eigenvalue weighted by atomic mass is 16.6. The van der Waals surface area contributed by atoms with Crippen molar-refractivity contribution in [1.82, 2.24) is 15.3 Å². The molecule has 119 valence electrons. The molecule has 0 fully saturated rings. The fourth-order valence-corrected chi connectivity index (χ4v) is 2.58. The zero-order valence-corrected chi connectivity index (χ0v) is 12.9. The minimum Gasteiger partial charge on any atom is -0.497 e. The second-order valence-electron chi connectivity index (χ2n) is 5.07. The fourth-order valence-electron chi connectivity index (χ4n) is 2.58. The molecule has 0 saturated carbocycles. The van der Waals surface area contributed by atoms with Gasteiger partial charge in [0.1, 0.15) is 17.1 Å². The molecule has 1 aliphatic heterocycles. The normalized spacial score (nSPS) is 12.5. The Balaban J connectivity index is 2.01. The number of fused-ring (bicyclic) bond motifs is 2. The number of carbonyl (C=O) groups is 1. The minimum atomic E-state index is -0.674. The van der Waals surface area contributed by atoms with E-state index in [0.717, 1.165) is 0 Å². The lowest BCUT2D eigenvalue weighted by Gasteiger charge is -2.11. The van der Waals surface area contributed by atoms with Gasteiger partial charge in [0.15, 0.2) is 5.75 Å². The van der Waals surface area contributed by atoms with Crippen LogP contribution in [0.5, 0.6) is 17.4 Å². The molecule has 0 spiro atoms. The molecule has 7 heteroatoms. The van der Waals surface area contributed by atoms with Crippen molar-refractivity contribution in [2.75, 3.05) is 14.2 Å². The van der Waals surface area contributed by atoms with Gasteiger partial charge in [-0.15, -0.1) is 0 Å². The number of para-hydroxylation sites is 2. The third-order valence-corrected chi connectivity index (χ3v) is 3.67. The molecule has 0 saturated heterocycles. The van der Waals surface area contributed by atoms with E-state index in [0.29, 0.717) is 45.4 Å². The van der Waals surface area contributed by atoms with Crippen LogP contribution in [0.15, 0.2) is 36.4 Å². The Kier molecular flexibility index (Phi) is 3.19. The summed E-state index contributed by atoms with van der Waals surface area (Å²) in [5, 5.41) is 3.92. The fraction of sp³-hybridized carbons (Fsp3) is 0.118. The van der Waals surface area contributed by atoms with Gasteiger partial charge in [-0.05, 0) is 18.2 Å². The van der Waals surface area contributed by atoms with E-state index in [2.05, 4.69) is 15.3 Å². The first-order valence-corrected chi connectivity index (χ1v) is 7.16. The summed E-state index contributed by atoms with van der Waals surface area (Å²) in [4.78, 5) is 20.7. The molecule has 1 aliphatic rings. The average Bonchev–Trinajstić information content (AvgIpc) is 2.99. The Hall–Kier alpha value is -3.35. The summed E-state index contributed by atoms with van der Waals surface area (Å²) in [6, 6.07) is 10.8.